The number of hydrogen-bond donors (Lipinski definition) is 1. The van der Waals surface area contributed by atoms with Crippen molar-refractivity contribution in [3.8, 4) is 17.5 Å². The summed E-state index contributed by atoms with van der Waals surface area (Å²) in [5.41, 5.74) is 0.823. The van der Waals surface area contributed by atoms with Gasteiger partial charge in [0.25, 0.3) is 11.4 Å². The number of nitrogens with one attached hydrogen (secondary N) is 1. The van der Waals surface area contributed by atoms with Crippen molar-refractivity contribution in [1.82, 2.24) is 15.2 Å². The zero-order chi connectivity index (χ0) is 13.2. The lowest BCUT2D eigenvalue weighted by molar-refractivity contribution is 0.246. The predicted octanol–water partition coefficient (Wildman–Crippen LogP) is 1.98. The normalized spacial score (nSPS) is 10.8. The van der Waals surface area contributed by atoms with Crippen LogP contribution in [0, 0.1) is 0 Å². The van der Waals surface area contributed by atoms with E-state index in [0.717, 1.165) is 10.9 Å². The van der Waals surface area contributed by atoms with Gasteiger partial charge in [0.15, 0.2) is 0 Å². The molecule has 0 unspecified atom stereocenters. The van der Waals surface area contributed by atoms with E-state index < -0.39 is 0 Å². The number of aromatic nitrogens is 3. The highest BCUT2D eigenvalue weighted by Crippen LogP contribution is 2.20. The largest absolute Gasteiger partial charge is 0.449 e. The molecule has 1 N–H and O–H groups in total. The summed E-state index contributed by atoms with van der Waals surface area (Å²) in [4.78, 5) is 14.8. The minimum Gasteiger partial charge on any atom is -0.449 e. The van der Waals surface area contributed by atoms with Crippen LogP contribution in [0.15, 0.2) is 39.5 Å². The Labute approximate surface area is 108 Å². The highest BCUT2D eigenvalue weighted by Gasteiger charge is 2.13. The van der Waals surface area contributed by atoms with Crippen molar-refractivity contribution in [3.63, 3.8) is 0 Å². The maximum Gasteiger partial charge on any atom is 0.414 e. The summed E-state index contributed by atoms with van der Waals surface area (Å²) in [7, 11) is 0. The van der Waals surface area contributed by atoms with Crippen LogP contribution in [-0.4, -0.2) is 21.8 Å². The molecule has 0 aliphatic carbocycles. The van der Waals surface area contributed by atoms with Gasteiger partial charge in [-0.3, -0.25) is 4.79 Å². The number of nitrogens with zero attached hydrogens (tertiary/aromatic N) is 2. The van der Waals surface area contributed by atoms with Crippen LogP contribution in [-0.2, 0) is 0 Å². The number of aromatic amines is 1. The fourth-order valence-electron chi connectivity index (χ4n) is 1.81. The van der Waals surface area contributed by atoms with Gasteiger partial charge in [-0.05, 0) is 24.4 Å². The number of benzene rings is 1. The molecule has 2 aromatic heterocycles. The van der Waals surface area contributed by atoms with Crippen molar-refractivity contribution in [2.45, 2.75) is 6.92 Å². The summed E-state index contributed by atoms with van der Waals surface area (Å²) in [5, 5.41) is 8.42. The smallest absolute Gasteiger partial charge is 0.414 e. The van der Waals surface area contributed by atoms with E-state index in [1.807, 2.05) is 31.2 Å². The van der Waals surface area contributed by atoms with Gasteiger partial charge in [0.2, 0.25) is 0 Å². The molecule has 19 heavy (non-hydrogen) atoms. The van der Waals surface area contributed by atoms with Gasteiger partial charge < -0.3 is 14.1 Å². The van der Waals surface area contributed by atoms with Gasteiger partial charge >= 0.3 is 6.08 Å². The molecule has 0 atom stereocenters. The summed E-state index contributed by atoms with van der Waals surface area (Å²) in [6.45, 7) is 2.24. The van der Waals surface area contributed by atoms with E-state index in [2.05, 4.69) is 15.2 Å². The summed E-state index contributed by atoms with van der Waals surface area (Å²) >= 11 is 0. The highest BCUT2D eigenvalue weighted by molar-refractivity contribution is 5.81. The Morgan fingerprint density at radius 3 is 3.00 bits per heavy atom. The summed E-state index contributed by atoms with van der Waals surface area (Å²) in [6.07, 6.45) is 0.0602. The third-order valence-corrected chi connectivity index (χ3v) is 2.66. The molecule has 6 nitrogen and oxygen atoms in total. The first-order chi connectivity index (χ1) is 9.28. The molecule has 0 bridgehead atoms. The molecule has 1 aromatic carbocycles. The second-order valence-electron chi connectivity index (χ2n) is 3.91. The highest BCUT2D eigenvalue weighted by atomic mass is 16.6. The standard InChI is InChI=1S/C13H11N3O3/c1-2-18-13-16-15-12(19-13)9-7-8-5-3-4-6-10(8)14-11(9)17/h3-7H,2H2,1H3,(H,14,17). The number of ether oxygens (including phenoxy) is 1. The van der Waals surface area contributed by atoms with Crippen LogP contribution in [0.1, 0.15) is 6.92 Å². The first-order valence-corrected chi connectivity index (χ1v) is 5.86. The van der Waals surface area contributed by atoms with Gasteiger partial charge in [0.05, 0.1) is 6.61 Å². The van der Waals surface area contributed by atoms with Crippen molar-refractivity contribution in [2.75, 3.05) is 6.61 Å². The fourth-order valence-corrected chi connectivity index (χ4v) is 1.81. The Bertz CT molecular complexity index is 776. The zero-order valence-electron chi connectivity index (χ0n) is 10.2. The Morgan fingerprint density at radius 1 is 1.32 bits per heavy atom. The molecule has 0 radical (unpaired) electrons. The summed E-state index contributed by atoms with van der Waals surface area (Å²) in [5.74, 6) is 0.149. The Hall–Kier alpha value is -2.63. The number of pyridine rings is 1. The van der Waals surface area contributed by atoms with Crippen molar-refractivity contribution in [2.24, 2.45) is 0 Å². The molecule has 0 fully saturated rings. The number of para-hydroxylation sites is 1. The minimum atomic E-state index is -0.273. The van der Waals surface area contributed by atoms with Crippen LogP contribution in [0.2, 0.25) is 0 Å². The van der Waals surface area contributed by atoms with Crippen LogP contribution in [0.3, 0.4) is 0 Å². The Balaban J connectivity index is 2.13. The first-order valence-electron chi connectivity index (χ1n) is 5.86. The molecule has 96 valence electrons. The maximum atomic E-state index is 12.0. The molecule has 3 rings (SSSR count). The van der Waals surface area contributed by atoms with Crippen LogP contribution in [0.5, 0.6) is 6.08 Å². The van der Waals surface area contributed by atoms with Gasteiger partial charge in [-0.1, -0.05) is 23.3 Å². The summed E-state index contributed by atoms with van der Waals surface area (Å²) < 4.78 is 10.4. The van der Waals surface area contributed by atoms with Gasteiger partial charge in [-0.15, -0.1) is 5.10 Å². The quantitative estimate of drug-likeness (QED) is 0.775. The molecule has 0 saturated heterocycles. The second kappa shape index (κ2) is 4.56. The van der Waals surface area contributed by atoms with E-state index in [1.165, 1.54) is 0 Å². The van der Waals surface area contributed by atoms with Crippen molar-refractivity contribution in [3.05, 3.63) is 40.7 Å². The molecule has 0 amide bonds. The van der Waals surface area contributed by atoms with E-state index in [1.54, 1.807) is 6.07 Å². The van der Waals surface area contributed by atoms with Gasteiger partial charge in [-0.2, -0.15) is 0 Å². The SMILES string of the molecule is CCOc1nnc(-c2cc3ccccc3[nH]c2=O)o1. The molecule has 0 aliphatic heterocycles. The average molecular weight is 257 g/mol. The van der Waals surface area contributed by atoms with E-state index in [-0.39, 0.29) is 17.5 Å². The van der Waals surface area contributed by atoms with E-state index in [4.69, 9.17) is 9.15 Å². The predicted molar refractivity (Wildman–Crippen MR) is 69.0 cm³/mol. The number of rotatable bonds is 3. The molecule has 6 heteroatoms. The average Bonchev–Trinajstić information content (AvgIpc) is 2.87. The van der Waals surface area contributed by atoms with E-state index in [0.29, 0.717) is 12.2 Å². The lowest BCUT2D eigenvalue weighted by Crippen LogP contribution is -2.08. The van der Waals surface area contributed by atoms with E-state index in [9.17, 15) is 4.79 Å². The minimum absolute atomic E-state index is 0.0602. The Kier molecular flexibility index (Phi) is 2.75. The monoisotopic (exact) mass is 257 g/mol. The van der Waals surface area contributed by atoms with Crippen LogP contribution >= 0.6 is 0 Å². The number of hydrogen-bond acceptors (Lipinski definition) is 5. The molecule has 0 spiro atoms. The first kappa shape index (κ1) is 11.5. The molecule has 3 aromatic rings. The molecule has 2 heterocycles. The Morgan fingerprint density at radius 2 is 2.16 bits per heavy atom. The van der Waals surface area contributed by atoms with Crippen molar-refractivity contribution < 1.29 is 9.15 Å². The van der Waals surface area contributed by atoms with Crippen LogP contribution in [0.4, 0.5) is 0 Å². The van der Waals surface area contributed by atoms with Crippen LogP contribution < -0.4 is 10.3 Å². The fraction of sp³-hybridized carbons (Fsp3) is 0.154. The topological polar surface area (TPSA) is 81.0 Å². The summed E-state index contributed by atoms with van der Waals surface area (Å²) in [6, 6.07) is 9.20. The number of fused-ring (bicyclic) bond motifs is 1. The second-order valence-corrected chi connectivity index (χ2v) is 3.91. The molecule has 0 aliphatic rings. The number of H-pyrrole nitrogens is 1. The lowest BCUT2D eigenvalue weighted by atomic mass is 10.1. The third-order valence-electron chi connectivity index (χ3n) is 2.66. The van der Waals surface area contributed by atoms with Gasteiger partial charge in [-0.25, -0.2) is 0 Å². The lowest BCUT2D eigenvalue weighted by Gasteiger charge is -1.99. The maximum absolute atomic E-state index is 12.0. The molecular weight excluding hydrogens is 246 g/mol. The van der Waals surface area contributed by atoms with Crippen molar-refractivity contribution >= 4 is 10.9 Å². The van der Waals surface area contributed by atoms with Crippen molar-refractivity contribution in [1.29, 1.82) is 0 Å². The van der Waals surface area contributed by atoms with E-state index >= 15 is 0 Å². The third kappa shape index (κ3) is 2.08. The van der Waals surface area contributed by atoms with Gasteiger partial charge in [0, 0.05) is 5.52 Å². The molecule has 0 saturated carbocycles. The zero-order valence-corrected chi connectivity index (χ0v) is 10.2. The van der Waals surface area contributed by atoms with Crippen LogP contribution in [0.25, 0.3) is 22.4 Å². The van der Waals surface area contributed by atoms with Gasteiger partial charge in [0.1, 0.15) is 5.56 Å². The molecular formula is C13H11N3O3.